The molecule has 0 aliphatic carbocycles. The summed E-state index contributed by atoms with van der Waals surface area (Å²) in [6, 6.07) is 10.6. The molecule has 1 N–H and O–H groups in total. The number of unbranched alkanes of at least 4 members (excludes halogenated alkanes) is 5. The van der Waals surface area contributed by atoms with Gasteiger partial charge >= 0.3 is 51.4 Å². The van der Waals surface area contributed by atoms with Crippen LogP contribution in [0.25, 0.3) is 0 Å². The van der Waals surface area contributed by atoms with Crippen LogP contribution in [-0.4, -0.2) is 13.0 Å². The minimum absolute atomic E-state index is 0. The van der Waals surface area contributed by atoms with E-state index in [4.69, 9.17) is 4.74 Å². The molecule has 5 nitrogen and oxygen atoms in total. The van der Waals surface area contributed by atoms with Crippen molar-refractivity contribution in [1.29, 1.82) is 0 Å². The van der Waals surface area contributed by atoms with Crippen LogP contribution in [0, 0.1) is 0 Å². The quantitative estimate of drug-likeness (QED) is 0.362. The second kappa shape index (κ2) is 12.2. The smallest absolute Gasteiger partial charge is 0.872 e. The molecule has 0 spiro atoms. The summed E-state index contributed by atoms with van der Waals surface area (Å²) in [7, 11) is -4.48. The van der Waals surface area contributed by atoms with Crippen molar-refractivity contribution in [3.8, 4) is 17.2 Å². The molecule has 0 radical (unpaired) electrons. The molecule has 0 aromatic heterocycles. The summed E-state index contributed by atoms with van der Waals surface area (Å²) in [5, 5.41) is 11.6. The van der Waals surface area contributed by atoms with Crippen molar-refractivity contribution >= 4 is 10.1 Å². The van der Waals surface area contributed by atoms with Crippen LogP contribution in [0.4, 0.5) is 0 Å². The van der Waals surface area contributed by atoms with Gasteiger partial charge in [0.15, 0.2) is 0 Å². The molecule has 0 amide bonds. The molecule has 27 heavy (non-hydrogen) atoms. The van der Waals surface area contributed by atoms with Crippen LogP contribution in [0.1, 0.15) is 51.0 Å². The van der Waals surface area contributed by atoms with Gasteiger partial charge in [-0.15, -0.1) is 5.75 Å². The summed E-state index contributed by atoms with van der Waals surface area (Å²) in [5.41, 5.74) is 0.945. The van der Waals surface area contributed by atoms with Crippen molar-refractivity contribution in [3.63, 3.8) is 0 Å². The average Bonchev–Trinajstić information content (AvgIpc) is 2.58. The zero-order valence-electron chi connectivity index (χ0n) is 16.0. The first-order chi connectivity index (χ1) is 12.4. The molecule has 0 atom stereocenters. The minimum atomic E-state index is -4.48. The second-order valence-corrected chi connectivity index (χ2v) is 7.70. The third kappa shape index (κ3) is 8.23. The molecule has 2 rings (SSSR count). The molecule has 7 heteroatoms. The van der Waals surface area contributed by atoms with Gasteiger partial charge in [-0.1, -0.05) is 63.3 Å². The summed E-state index contributed by atoms with van der Waals surface area (Å²) < 4.78 is 38.1. The molecule has 0 aliphatic heterocycles. The molecule has 0 fully saturated rings. The zero-order chi connectivity index (χ0) is 19.0. The SMILES string of the molecule is CCCCCCCCc1ccccc1Oc1cc([O-])ccc1S(=O)(=O)O.[K+]. The number of benzene rings is 2. The van der Waals surface area contributed by atoms with E-state index in [1.807, 2.05) is 12.1 Å². The fourth-order valence-corrected chi connectivity index (χ4v) is 3.40. The van der Waals surface area contributed by atoms with Crippen molar-refractivity contribution < 1.29 is 74.2 Å². The molecular formula is C20H25KO5S. The van der Waals surface area contributed by atoms with Gasteiger partial charge in [0.2, 0.25) is 0 Å². The van der Waals surface area contributed by atoms with E-state index in [0.717, 1.165) is 43.0 Å². The third-order valence-electron chi connectivity index (χ3n) is 4.19. The summed E-state index contributed by atoms with van der Waals surface area (Å²) in [5.74, 6) is -0.0484. The maximum Gasteiger partial charge on any atom is 1.00 e. The van der Waals surface area contributed by atoms with Gasteiger partial charge in [-0.25, -0.2) is 0 Å². The Bertz CT molecular complexity index is 821. The van der Waals surface area contributed by atoms with Gasteiger partial charge in [0.25, 0.3) is 10.1 Å². The fraction of sp³-hybridized carbons (Fsp3) is 0.400. The first-order valence-corrected chi connectivity index (χ1v) is 10.4. The Morgan fingerprint density at radius 1 is 0.963 bits per heavy atom. The van der Waals surface area contributed by atoms with Crippen molar-refractivity contribution in [3.05, 3.63) is 48.0 Å². The molecule has 0 heterocycles. The normalized spacial score (nSPS) is 11.0. The number of ether oxygens (including phenoxy) is 1. The standard InChI is InChI=1S/C20H26O5S.K/c1-2-3-4-5-6-7-10-16-11-8-9-12-18(16)25-19-15-17(21)13-14-20(19)26(22,23)24;/h8-9,11-15,21H,2-7,10H2,1H3,(H,22,23,24);/q;+1/p-1. The van der Waals surface area contributed by atoms with Gasteiger partial charge in [-0.2, -0.15) is 8.42 Å². The second-order valence-electron chi connectivity index (χ2n) is 6.31. The Balaban J connectivity index is 0.00000364. The molecule has 0 saturated heterocycles. The Kier molecular flexibility index (Phi) is 11.1. The Labute approximate surface area is 204 Å². The van der Waals surface area contributed by atoms with Crippen LogP contribution < -0.4 is 61.2 Å². The molecule has 0 saturated carbocycles. The first kappa shape index (κ1) is 24.6. The van der Waals surface area contributed by atoms with E-state index in [1.165, 1.54) is 25.7 Å². The number of aryl methyl sites for hydroxylation is 1. The number of para-hydroxylation sites is 1. The van der Waals surface area contributed by atoms with Gasteiger partial charge in [0, 0.05) is 0 Å². The van der Waals surface area contributed by atoms with E-state index in [-0.39, 0.29) is 62.9 Å². The van der Waals surface area contributed by atoms with Crippen LogP contribution in [0.3, 0.4) is 0 Å². The van der Waals surface area contributed by atoms with E-state index in [9.17, 15) is 18.1 Å². The van der Waals surface area contributed by atoms with Crippen LogP contribution >= 0.6 is 0 Å². The molecule has 0 unspecified atom stereocenters. The first-order valence-electron chi connectivity index (χ1n) is 8.96. The molecule has 0 bridgehead atoms. The fourth-order valence-electron chi connectivity index (χ4n) is 2.81. The summed E-state index contributed by atoms with van der Waals surface area (Å²) in [6.45, 7) is 2.19. The molecule has 142 valence electrons. The zero-order valence-corrected chi connectivity index (χ0v) is 19.9. The minimum Gasteiger partial charge on any atom is -0.872 e. The molecule has 2 aromatic rings. The Morgan fingerprint density at radius 2 is 1.63 bits per heavy atom. The van der Waals surface area contributed by atoms with Crippen molar-refractivity contribution in [2.45, 2.75) is 56.8 Å². The van der Waals surface area contributed by atoms with E-state index >= 15 is 0 Å². The predicted octanol–water partition coefficient (Wildman–Crippen LogP) is 1.71. The van der Waals surface area contributed by atoms with Gasteiger partial charge in [0.1, 0.15) is 16.4 Å². The van der Waals surface area contributed by atoms with Crippen molar-refractivity contribution in [2.24, 2.45) is 0 Å². The monoisotopic (exact) mass is 416 g/mol. The maximum absolute atomic E-state index is 11.6. The molecule has 0 aliphatic rings. The topological polar surface area (TPSA) is 86.7 Å². The summed E-state index contributed by atoms with van der Waals surface area (Å²) in [4.78, 5) is -0.411. The average molecular weight is 417 g/mol. The maximum atomic E-state index is 11.6. The Morgan fingerprint density at radius 3 is 2.33 bits per heavy atom. The van der Waals surface area contributed by atoms with Crippen LogP contribution in [0.5, 0.6) is 17.2 Å². The number of hydrogen-bond acceptors (Lipinski definition) is 4. The van der Waals surface area contributed by atoms with Crippen molar-refractivity contribution in [2.75, 3.05) is 0 Å². The van der Waals surface area contributed by atoms with Crippen molar-refractivity contribution in [1.82, 2.24) is 0 Å². The van der Waals surface area contributed by atoms with E-state index in [1.54, 1.807) is 12.1 Å². The number of rotatable bonds is 10. The van der Waals surface area contributed by atoms with Gasteiger partial charge in [-0.05, 0) is 36.6 Å². The summed E-state index contributed by atoms with van der Waals surface area (Å²) in [6.07, 6.45) is 7.85. The van der Waals surface area contributed by atoms with E-state index in [0.29, 0.717) is 5.75 Å². The Hall–Kier alpha value is -0.414. The molecule has 2 aromatic carbocycles. The van der Waals surface area contributed by atoms with E-state index in [2.05, 4.69) is 6.92 Å². The summed E-state index contributed by atoms with van der Waals surface area (Å²) >= 11 is 0. The predicted molar refractivity (Wildman–Crippen MR) is 99.3 cm³/mol. The van der Waals surface area contributed by atoms with Gasteiger partial charge in [0.05, 0.1) is 0 Å². The third-order valence-corrected chi connectivity index (χ3v) is 5.08. The number of hydrogen-bond donors (Lipinski definition) is 1. The van der Waals surface area contributed by atoms with Crippen LogP contribution in [0.2, 0.25) is 0 Å². The van der Waals surface area contributed by atoms with Crippen LogP contribution in [-0.2, 0) is 16.5 Å². The molecular weight excluding hydrogens is 391 g/mol. The van der Waals surface area contributed by atoms with Crippen LogP contribution in [0.15, 0.2) is 47.4 Å². The van der Waals surface area contributed by atoms with Gasteiger partial charge < -0.3 is 9.84 Å². The van der Waals surface area contributed by atoms with Gasteiger partial charge in [-0.3, -0.25) is 4.55 Å². The largest absolute Gasteiger partial charge is 1.00 e. The van der Waals surface area contributed by atoms with E-state index < -0.39 is 15.0 Å².